The predicted molar refractivity (Wildman–Crippen MR) is 92.2 cm³/mol. The number of piperidine rings is 1. The summed E-state index contributed by atoms with van der Waals surface area (Å²) in [5.41, 5.74) is 7.80. The maximum atomic E-state index is 11.2. The molecule has 0 saturated carbocycles. The summed E-state index contributed by atoms with van der Waals surface area (Å²) < 4.78 is 5.82. The standard InChI is InChI=1S/C18H24N4O2/c1-13-4-6-15(7-5-13)24-10-9-22-8-2-3-14(12-22)16-11-17(18(19)23)21-20-16/h4-7,11,14H,2-3,8-10,12H2,1H3,(H2,19,23)(H,20,21). The number of nitrogens with one attached hydrogen (secondary N) is 1. The van der Waals surface area contributed by atoms with Gasteiger partial charge in [-0.15, -0.1) is 0 Å². The summed E-state index contributed by atoms with van der Waals surface area (Å²) in [4.78, 5) is 13.6. The number of H-pyrrole nitrogens is 1. The van der Waals surface area contributed by atoms with Crippen molar-refractivity contribution in [2.24, 2.45) is 5.73 Å². The molecular formula is C18H24N4O2. The normalized spacial score (nSPS) is 18.5. The molecule has 0 spiro atoms. The Hall–Kier alpha value is -2.34. The van der Waals surface area contributed by atoms with Crippen molar-refractivity contribution in [3.63, 3.8) is 0 Å². The maximum absolute atomic E-state index is 11.2. The molecule has 24 heavy (non-hydrogen) atoms. The third-order valence-corrected chi connectivity index (χ3v) is 4.49. The van der Waals surface area contributed by atoms with Crippen LogP contribution >= 0.6 is 0 Å². The van der Waals surface area contributed by atoms with Crippen LogP contribution in [0.2, 0.25) is 0 Å². The average Bonchev–Trinajstić information content (AvgIpc) is 3.07. The monoisotopic (exact) mass is 328 g/mol. The van der Waals surface area contributed by atoms with Gasteiger partial charge in [-0.25, -0.2) is 0 Å². The Morgan fingerprint density at radius 2 is 2.21 bits per heavy atom. The topological polar surface area (TPSA) is 84.2 Å². The van der Waals surface area contributed by atoms with E-state index in [1.807, 2.05) is 12.1 Å². The molecule has 1 amide bonds. The van der Waals surface area contributed by atoms with Crippen LogP contribution in [0.25, 0.3) is 0 Å². The van der Waals surface area contributed by atoms with Crippen LogP contribution in [-0.4, -0.2) is 47.2 Å². The van der Waals surface area contributed by atoms with Crippen LogP contribution < -0.4 is 10.5 Å². The summed E-state index contributed by atoms with van der Waals surface area (Å²) in [5.74, 6) is 0.782. The fourth-order valence-corrected chi connectivity index (χ4v) is 3.11. The van der Waals surface area contributed by atoms with Crippen LogP contribution in [0.15, 0.2) is 30.3 Å². The van der Waals surface area contributed by atoms with Crippen LogP contribution in [0.5, 0.6) is 5.75 Å². The molecule has 3 N–H and O–H groups in total. The first kappa shape index (κ1) is 16.5. The van der Waals surface area contributed by atoms with Gasteiger partial charge in [-0.05, 0) is 44.5 Å². The molecule has 0 bridgehead atoms. The molecule has 3 rings (SSSR count). The van der Waals surface area contributed by atoms with E-state index in [-0.39, 0.29) is 0 Å². The van der Waals surface area contributed by atoms with E-state index in [4.69, 9.17) is 10.5 Å². The van der Waals surface area contributed by atoms with Crippen molar-refractivity contribution in [3.8, 4) is 5.75 Å². The number of aryl methyl sites for hydroxylation is 1. The Bertz CT molecular complexity index is 681. The van der Waals surface area contributed by atoms with Crippen LogP contribution in [0.3, 0.4) is 0 Å². The highest BCUT2D eigenvalue weighted by molar-refractivity contribution is 5.90. The highest BCUT2D eigenvalue weighted by Crippen LogP contribution is 2.25. The molecule has 0 radical (unpaired) electrons. The first-order chi connectivity index (χ1) is 11.6. The Kier molecular flexibility index (Phi) is 5.15. The summed E-state index contributed by atoms with van der Waals surface area (Å²) in [7, 11) is 0. The van der Waals surface area contributed by atoms with Crippen molar-refractivity contribution in [3.05, 3.63) is 47.3 Å². The molecule has 1 aromatic carbocycles. The Labute approximate surface area is 142 Å². The molecule has 128 valence electrons. The van der Waals surface area contributed by atoms with E-state index in [1.54, 1.807) is 6.07 Å². The summed E-state index contributed by atoms with van der Waals surface area (Å²) in [6.07, 6.45) is 2.22. The molecular weight excluding hydrogens is 304 g/mol. The summed E-state index contributed by atoms with van der Waals surface area (Å²) in [6, 6.07) is 9.90. The van der Waals surface area contributed by atoms with Crippen molar-refractivity contribution < 1.29 is 9.53 Å². The third kappa shape index (κ3) is 4.14. The van der Waals surface area contributed by atoms with Gasteiger partial charge in [0.2, 0.25) is 0 Å². The minimum Gasteiger partial charge on any atom is -0.492 e. The van der Waals surface area contributed by atoms with Crippen LogP contribution in [0.4, 0.5) is 0 Å². The Balaban J connectivity index is 1.49. The van der Waals surface area contributed by atoms with Crippen molar-refractivity contribution in [2.45, 2.75) is 25.7 Å². The zero-order valence-electron chi connectivity index (χ0n) is 14.0. The number of carbonyl (C=O) groups is 1. The number of primary amides is 1. The van der Waals surface area contributed by atoms with Crippen molar-refractivity contribution in [1.29, 1.82) is 0 Å². The number of likely N-dealkylation sites (tertiary alicyclic amines) is 1. The van der Waals surface area contributed by atoms with E-state index in [2.05, 4.69) is 34.2 Å². The molecule has 1 aromatic heterocycles. The number of hydrogen-bond donors (Lipinski definition) is 2. The van der Waals surface area contributed by atoms with Crippen molar-refractivity contribution >= 4 is 5.91 Å². The van der Waals surface area contributed by atoms with Crippen LogP contribution in [-0.2, 0) is 0 Å². The highest BCUT2D eigenvalue weighted by atomic mass is 16.5. The zero-order valence-corrected chi connectivity index (χ0v) is 14.0. The average molecular weight is 328 g/mol. The lowest BCUT2D eigenvalue weighted by molar-refractivity contribution is 0.0995. The molecule has 1 unspecified atom stereocenters. The van der Waals surface area contributed by atoms with Gasteiger partial charge >= 0.3 is 0 Å². The number of aromatic amines is 1. The molecule has 1 saturated heterocycles. The smallest absolute Gasteiger partial charge is 0.269 e. The van der Waals surface area contributed by atoms with Crippen molar-refractivity contribution in [1.82, 2.24) is 15.1 Å². The lowest BCUT2D eigenvalue weighted by atomic mass is 9.94. The van der Waals surface area contributed by atoms with Gasteiger partial charge in [0.1, 0.15) is 18.1 Å². The van der Waals surface area contributed by atoms with E-state index in [0.29, 0.717) is 18.2 Å². The lowest BCUT2D eigenvalue weighted by Crippen LogP contribution is -2.37. The van der Waals surface area contributed by atoms with Crippen LogP contribution in [0.1, 0.15) is 40.5 Å². The molecule has 2 heterocycles. The van der Waals surface area contributed by atoms with Gasteiger partial charge in [-0.1, -0.05) is 17.7 Å². The second-order valence-electron chi connectivity index (χ2n) is 6.37. The van der Waals surface area contributed by atoms with Gasteiger partial charge in [-0.2, -0.15) is 5.10 Å². The van der Waals surface area contributed by atoms with Gasteiger partial charge in [0.15, 0.2) is 0 Å². The summed E-state index contributed by atoms with van der Waals surface area (Å²) in [5, 5.41) is 6.94. The van der Waals surface area contributed by atoms with E-state index >= 15 is 0 Å². The minimum atomic E-state index is -0.489. The lowest BCUT2D eigenvalue weighted by Gasteiger charge is -2.32. The molecule has 1 aliphatic rings. The van der Waals surface area contributed by atoms with Gasteiger partial charge < -0.3 is 10.5 Å². The molecule has 1 aliphatic heterocycles. The van der Waals surface area contributed by atoms with Gasteiger partial charge in [0.05, 0.1) is 0 Å². The van der Waals surface area contributed by atoms with E-state index in [1.165, 1.54) is 5.56 Å². The molecule has 1 atom stereocenters. The van der Waals surface area contributed by atoms with Gasteiger partial charge in [0.25, 0.3) is 5.91 Å². The largest absolute Gasteiger partial charge is 0.492 e. The number of hydrogen-bond acceptors (Lipinski definition) is 4. The van der Waals surface area contributed by atoms with Gasteiger partial charge in [0, 0.05) is 24.7 Å². The third-order valence-electron chi connectivity index (χ3n) is 4.49. The SMILES string of the molecule is Cc1ccc(OCCN2CCCC(c3cc(C(N)=O)n[nH]3)C2)cc1. The number of ether oxygens (including phenoxy) is 1. The number of amides is 1. The quantitative estimate of drug-likeness (QED) is 0.850. The maximum Gasteiger partial charge on any atom is 0.269 e. The summed E-state index contributed by atoms with van der Waals surface area (Å²) in [6.45, 7) is 5.64. The highest BCUT2D eigenvalue weighted by Gasteiger charge is 2.23. The summed E-state index contributed by atoms with van der Waals surface area (Å²) >= 11 is 0. The Morgan fingerprint density at radius 1 is 1.42 bits per heavy atom. The number of aromatic nitrogens is 2. The van der Waals surface area contributed by atoms with Crippen LogP contribution in [0, 0.1) is 6.92 Å². The predicted octanol–water partition coefficient (Wildman–Crippen LogP) is 2.08. The number of rotatable bonds is 6. The molecule has 6 heteroatoms. The number of benzene rings is 1. The fourth-order valence-electron chi connectivity index (χ4n) is 3.11. The van der Waals surface area contributed by atoms with E-state index in [0.717, 1.165) is 43.9 Å². The molecule has 1 fully saturated rings. The second kappa shape index (κ2) is 7.49. The number of carbonyl (C=O) groups excluding carboxylic acids is 1. The second-order valence-corrected chi connectivity index (χ2v) is 6.37. The molecule has 0 aliphatic carbocycles. The van der Waals surface area contributed by atoms with Crippen molar-refractivity contribution in [2.75, 3.05) is 26.2 Å². The van der Waals surface area contributed by atoms with E-state index in [9.17, 15) is 4.79 Å². The minimum absolute atomic E-state index is 0.310. The molecule has 2 aromatic rings. The first-order valence-electron chi connectivity index (χ1n) is 8.39. The Morgan fingerprint density at radius 3 is 2.92 bits per heavy atom. The first-order valence-corrected chi connectivity index (χ1v) is 8.39. The molecule has 6 nitrogen and oxygen atoms in total. The number of nitrogens with zero attached hydrogens (tertiary/aromatic N) is 2. The number of nitrogens with two attached hydrogens (primary N) is 1. The fraction of sp³-hybridized carbons (Fsp3) is 0.444. The van der Waals surface area contributed by atoms with E-state index < -0.39 is 5.91 Å². The zero-order chi connectivity index (χ0) is 16.9. The van der Waals surface area contributed by atoms with Gasteiger partial charge in [-0.3, -0.25) is 14.8 Å².